The van der Waals surface area contributed by atoms with Gasteiger partial charge < -0.3 is 19.7 Å². The van der Waals surface area contributed by atoms with Gasteiger partial charge in [-0.15, -0.1) is 0 Å². The van der Waals surface area contributed by atoms with Crippen molar-refractivity contribution < 1.29 is 14.3 Å². The lowest BCUT2D eigenvalue weighted by molar-refractivity contribution is 0.102. The summed E-state index contributed by atoms with van der Waals surface area (Å²) in [7, 11) is 1.60. The topological polar surface area (TPSA) is 50.8 Å². The Balaban J connectivity index is 1.70. The third-order valence-corrected chi connectivity index (χ3v) is 4.54. The molecule has 0 aromatic heterocycles. The normalized spacial score (nSPS) is 14.3. The molecule has 1 saturated heterocycles. The van der Waals surface area contributed by atoms with E-state index in [1.54, 1.807) is 31.4 Å². The maximum absolute atomic E-state index is 12.3. The molecule has 1 fully saturated rings. The minimum Gasteiger partial charge on any atom is -0.497 e. The number of methoxy groups -OCH3 is 1. The molecule has 1 heterocycles. The van der Waals surface area contributed by atoms with Crippen LogP contribution in [0.4, 0.5) is 11.4 Å². The molecule has 0 bridgehead atoms. The molecule has 0 unspecified atom stereocenters. The number of hydrogen-bond donors (Lipinski definition) is 1. The quantitative estimate of drug-likeness (QED) is 0.866. The van der Waals surface area contributed by atoms with E-state index in [4.69, 9.17) is 9.47 Å². The Morgan fingerprint density at radius 1 is 1.17 bits per heavy atom. The second-order valence-corrected chi connectivity index (χ2v) is 6.30. The molecule has 2 aromatic rings. The van der Waals surface area contributed by atoms with E-state index in [0.29, 0.717) is 5.56 Å². The number of halogens is 1. The van der Waals surface area contributed by atoms with Crippen molar-refractivity contribution in [2.75, 3.05) is 43.6 Å². The lowest BCUT2D eigenvalue weighted by Gasteiger charge is -2.29. The van der Waals surface area contributed by atoms with Gasteiger partial charge in [0.1, 0.15) is 5.75 Å². The van der Waals surface area contributed by atoms with E-state index in [2.05, 4.69) is 26.1 Å². The van der Waals surface area contributed by atoms with Crippen molar-refractivity contribution >= 4 is 33.2 Å². The number of amides is 1. The summed E-state index contributed by atoms with van der Waals surface area (Å²) in [5.41, 5.74) is 2.45. The Kier molecular flexibility index (Phi) is 5.37. The number of hydrogen-bond acceptors (Lipinski definition) is 4. The molecule has 2 aromatic carbocycles. The molecule has 1 aliphatic heterocycles. The average molecular weight is 391 g/mol. The first-order chi connectivity index (χ1) is 11.7. The summed E-state index contributed by atoms with van der Waals surface area (Å²) < 4.78 is 11.4. The highest BCUT2D eigenvalue weighted by Crippen LogP contribution is 2.30. The van der Waals surface area contributed by atoms with E-state index in [1.807, 2.05) is 18.2 Å². The summed E-state index contributed by atoms with van der Waals surface area (Å²) >= 11 is 3.60. The number of nitrogens with one attached hydrogen (secondary N) is 1. The molecule has 3 rings (SSSR count). The van der Waals surface area contributed by atoms with Crippen LogP contribution in [0.15, 0.2) is 46.9 Å². The van der Waals surface area contributed by atoms with Crippen LogP contribution >= 0.6 is 15.9 Å². The monoisotopic (exact) mass is 390 g/mol. The number of carbonyl (C=O) groups excluding carboxylic acids is 1. The van der Waals surface area contributed by atoms with E-state index < -0.39 is 0 Å². The first-order valence-corrected chi connectivity index (χ1v) is 8.54. The summed E-state index contributed by atoms with van der Waals surface area (Å²) in [6, 6.07) is 12.9. The Morgan fingerprint density at radius 2 is 1.88 bits per heavy atom. The fraction of sp³-hybridized carbons (Fsp3) is 0.278. The zero-order chi connectivity index (χ0) is 16.9. The van der Waals surface area contributed by atoms with Gasteiger partial charge in [0.2, 0.25) is 0 Å². The lowest BCUT2D eigenvalue weighted by Crippen LogP contribution is -2.36. The second-order valence-electron chi connectivity index (χ2n) is 5.45. The van der Waals surface area contributed by atoms with Crippen molar-refractivity contribution in [3.8, 4) is 5.75 Å². The van der Waals surface area contributed by atoms with Crippen molar-refractivity contribution in [3.63, 3.8) is 0 Å². The predicted octanol–water partition coefficient (Wildman–Crippen LogP) is 3.55. The van der Waals surface area contributed by atoms with Crippen molar-refractivity contribution in [2.24, 2.45) is 0 Å². The predicted molar refractivity (Wildman–Crippen MR) is 98.1 cm³/mol. The third kappa shape index (κ3) is 3.88. The van der Waals surface area contributed by atoms with E-state index in [0.717, 1.165) is 47.9 Å². The summed E-state index contributed by atoms with van der Waals surface area (Å²) in [6.07, 6.45) is 0. The third-order valence-electron chi connectivity index (χ3n) is 3.91. The number of ether oxygens (including phenoxy) is 2. The van der Waals surface area contributed by atoms with Crippen LogP contribution in [-0.2, 0) is 4.74 Å². The molecule has 0 spiro atoms. The number of rotatable bonds is 4. The molecule has 1 N–H and O–H groups in total. The van der Waals surface area contributed by atoms with Gasteiger partial charge in [-0.2, -0.15) is 0 Å². The SMILES string of the molecule is COc1ccc(C(=O)Nc2ccc(N3CCOCC3)c(Br)c2)cc1. The van der Waals surface area contributed by atoms with E-state index in [-0.39, 0.29) is 5.91 Å². The van der Waals surface area contributed by atoms with Crippen LogP contribution in [0.2, 0.25) is 0 Å². The molecular formula is C18H19BrN2O3. The maximum atomic E-state index is 12.3. The van der Waals surface area contributed by atoms with Crippen LogP contribution in [0.3, 0.4) is 0 Å². The summed E-state index contributed by atoms with van der Waals surface area (Å²) in [4.78, 5) is 14.6. The van der Waals surface area contributed by atoms with Crippen molar-refractivity contribution in [1.82, 2.24) is 0 Å². The first-order valence-electron chi connectivity index (χ1n) is 7.75. The van der Waals surface area contributed by atoms with Gasteiger partial charge in [-0.3, -0.25) is 4.79 Å². The minimum atomic E-state index is -0.149. The van der Waals surface area contributed by atoms with E-state index in [9.17, 15) is 4.79 Å². The van der Waals surface area contributed by atoms with Gasteiger partial charge in [-0.25, -0.2) is 0 Å². The van der Waals surface area contributed by atoms with Crippen molar-refractivity contribution in [2.45, 2.75) is 0 Å². The van der Waals surface area contributed by atoms with E-state index in [1.165, 1.54) is 0 Å². The van der Waals surface area contributed by atoms with Crippen molar-refractivity contribution in [1.29, 1.82) is 0 Å². The molecule has 0 aliphatic carbocycles. The van der Waals surface area contributed by atoms with Gasteiger partial charge in [0.05, 0.1) is 26.0 Å². The zero-order valence-electron chi connectivity index (χ0n) is 13.4. The number of carbonyl (C=O) groups is 1. The Morgan fingerprint density at radius 3 is 2.50 bits per heavy atom. The molecule has 5 nitrogen and oxygen atoms in total. The van der Waals surface area contributed by atoms with Gasteiger partial charge in [0.25, 0.3) is 5.91 Å². The van der Waals surface area contributed by atoms with Crippen LogP contribution in [0.5, 0.6) is 5.75 Å². The van der Waals surface area contributed by atoms with Crippen LogP contribution in [0, 0.1) is 0 Å². The smallest absolute Gasteiger partial charge is 0.255 e. The zero-order valence-corrected chi connectivity index (χ0v) is 15.0. The Labute approximate surface area is 149 Å². The summed E-state index contributed by atoms with van der Waals surface area (Å²) in [6.45, 7) is 3.22. The molecular weight excluding hydrogens is 372 g/mol. The maximum Gasteiger partial charge on any atom is 0.255 e. The lowest BCUT2D eigenvalue weighted by atomic mass is 10.2. The molecule has 1 amide bonds. The fourth-order valence-electron chi connectivity index (χ4n) is 2.59. The minimum absolute atomic E-state index is 0.149. The Hall–Kier alpha value is -2.05. The van der Waals surface area contributed by atoms with Gasteiger partial charge in [0, 0.05) is 28.8 Å². The number of benzene rings is 2. The van der Waals surface area contributed by atoms with Crippen molar-refractivity contribution in [3.05, 3.63) is 52.5 Å². The first kappa shape index (κ1) is 16.8. The molecule has 126 valence electrons. The number of nitrogens with zero attached hydrogens (tertiary/aromatic N) is 1. The van der Waals surface area contributed by atoms with Crippen LogP contribution in [0.1, 0.15) is 10.4 Å². The van der Waals surface area contributed by atoms with Crippen LogP contribution in [-0.4, -0.2) is 39.3 Å². The summed E-state index contributed by atoms with van der Waals surface area (Å²) in [5.74, 6) is 0.577. The van der Waals surface area contributed by atoms with Gasteiger partial charge in [-0.1, -0.05) is 0 Å². The van der Waals surface area contributed by atoms with Gasteiger partial charge in [0.15, 0.2) is 0 Å². The highest BCUT2D eigenvalue weighted by molar-refractivity contribution is 9.10. The molecule has 0 atom stereocenters. The van der Waals surface area contributed by atoms with Gasteiger partial charge >= 0.3 is 0 Å². The molecule has 24 heavy (non-hydrogen) atoms. The molecule has 0 saturated carbocycles. The van der Waals surface area contributed by atoms with Crippen LogP contribution in [0.25, 0.3) is 0 Å². The summed E-state index contributed by atoms with van der Waals surface area (Å²) in [5, 5.41) is 2.91. The molecule has 6 heteroatoms. The number of anilines is 2. The molecule has 0 radical (unpaired) electrons. The highest BCUT2D eigenvalue weighted by atomic mass is 79.9. The van der Waals surface area contributed by atoms with E-state index >= 15 is 0 Å². The highest BCUT2D eigenvalue weighted by Gasteiger charge is 2.15. The Bertz CT molecular complexity index is 713. The fourth-order valence-corrected chi connectivity index (χ4v) is 3.22. The average Bonchev–Trinajstić information content (AvgIpc) is 2.62. The van der Waals surface area contributed by atoms with Crippen LogP contribution < -0.4 is 15.0 Å². The second kappa shape index (κ2) is 7.68. The largest absolute Gasteiger partial charge is 0.497 e. The molecule has 1 aliphatic rings. The number of morpholine rings is 1. The van der Waals surface area contributed by atoms with Gasteiger partial charge in [-0.05, 0) is 58.4 Å². The standard InChI is InChI=1S/C18H19BrN2O3/c1-23-15-5-2-13(3-6-15)18(22)20-14-4-7-17(16(19)12-14)21-8-10-24-11-9-21/h2-7,12H,8-11H2,1H3,(H,20,22).